The number of ether oxygens (including phenoxy) is 1. The smallest absolute Gasteiger partial charge is 0.0594 e. The molecule has 0 saturated carbocycles. The van der Waals surface area contributed by atoms with Crippen LogP contribution < -0.4 is 0 Å². The van der Waals surface area contributed by atoms with Crippen LogP contribution >= 0.6 is 0 Å². The van der Waals surface area contributed by atoms with Gasteiger partial charge in [0.25, 0.3) is 0 Å². The van der Waals surface area contributed by atoms with Gasteiger partial charge in [-0.1, -0.05) is 0 Å². The van der Waals surface area contributed by atoms with Gasteiger partial charge in [-0.15, -0.1) is 0 Å². The number of morpholine rings is 1. The zero-order valence-corrected chi connectivity index (χ0v) is 9.41. The second-order valence-corrected chi connectivity index (χ2v) is 4.68. The molecule has 82 valence electrons. The summed E-state index contributed by atoms with van der Waals surface area (Å²) in [6, 6.07) is 1.50. The number of hydrogen-bond donors (Lipinski definition) is 0. The quantitative estimate of drug-likeness (QED) is 0.653. The van der Waals surface area contributed by atoms with Crippen LogP contribution in [0.15, 0.2) is 0 Å². The highest BCUT2D eigenvalue weighted by molar-refractivity contribution is 4.85. The predicted octanol–water partition coefficient (Wildman–Crippen LogP) is 0.801. The highest BCUT2D eigenvalue weighted by Gasteiger charge is 2.29. The van der Waals surface area contributed by atoms with Crippen LogP contribution in [0, 0.1) is 0 Å². The molecule has 0 N–H and O–H groups in total. The molecule has 2 fully saturated rings. The number of nitrogens with zero attached hydrogens (tertiary/aromatic N) is 2. The fourth-order valence-electron chi connectivity index (χ4n) is 2.48. The summed E-state index contributed by atoms with van der Waals surface area (Å²) in [6.45, 7) is 11.3. The number of rotatable bonds is 2. The maximum Gasteiger partial charge on any atom is 0.0594 e. The van der Waals surface area contributed by atoms with E-state index >= 15 is 0 Å². The van der Waals surface area contributed by atoms with Crippen molar-refractivity contribution in [1.82, 2.24) is 9.80 Å². The van der Waals surface area contributed by atoms with Gasteiger partial charge in [0.2, 0.25) is 0 Å². The average Bonchev–Trinajstić information content (AvgIpc) is 2.68. The van der Waals surface area contributed by atoms with Crippen molar-refractivity contribution in [2.45, 2.75) is 32.4 Å². The van der Waals surface area contributed by atoms with Crippen molar-refractivity contribution in [1.29, 1.82) is 0 Å². The van der Waals surface area contributed by atoms with Crippen LogP contribution in [0.1, 0.15) is 20.3 Å². The zero-order valence-electron chi connectivity index (χ0n) is 9.41. The Morgan fingerprint density at radius 2 is 1.86 bits per heavy atom. The molecule has 14 heavy (non-hydrogen) atoms. The van der Waals surface area contributed by atoms with Gasteiger partial charge in [0, 0.05) is 38.3 Å². The molecule has 2 saturated heterocycles. The first-order valence-corrected chi connectivity index (χ1v) is 5.83. The van der Waals surface area contributed by atoms with Crippen LogP contribution in [-0.2, 0) is 4.74 Å². The minimum atomic E-state index is 0.709. The summed E-state index contributed by atoms with van der Waals surface area (Å²) in [5, 5.41) is 0. The SMILES string of the molecule is CC(C)N1CCC(N2CCOCC2)C1. The Morgan fingerprint density at radius 1 is 1.14 bits per heavy atom. The van der Waals surface area contributed by atoms with Crippen molar-refractivity contribution >= 4 is 0 Å². The molecule has 0 aromatic carbocycles. The summed E-state index contributed by atoms with van der Waals surface area (Å²) in [5.74, 6) is 0. The first kappa shape index (κ1) is 10.4. The Bertz CT molecular complexity index is 178. The van der Waals surface area contributed by atoms with E-state index in [-0.39, 0.29) is 0 Å². The van der Waals surface area contributed by atoms with E-state index in [1.165, 1.54) is 19.5 Å². The first-order valence-electron chi connectivity index (χ1n) is 5.83. The lowest BCUT2D eigenvalue weighted by atomic mass is 10.2. The Kier molecular flexibility index (Phi) is 3.42. The Morgan fingerprint density at radius 3 is 2.43 bits per heavy atom. The maximum atomic E-state index is 5.38. The van der Waals surface area contributed by atoms with Crippen LogP contribution in [0.25, 0.3) is 0 Å². The van der Waals surface area contributed by atoms with E-state index < -0.39 is 0 Å². The van der Waals surface area contributed by atoms with Crippen molar-refractivity contribution in [2.75, 3.05) is 39.4 Å². The molecule has 0 radical (unpaired) electrons. The molecule has 0 bridgehead atoms. The van der Waals surface area contributed by atoms with E-state index in [2.05, 4.69) is 23.6 Å². The maximum absolute atomic E-state index is 5.38. The zero-order chi connectivity index (χ0) is 9.97. The van der Waals surface area contributed by atoms with Gasteiger partial charge in [-0.2, -0.15) is 0 Å². The van der Waals surface area contributed by atoms with Gasteiger partial charge in [0.15, 0.2) is 0 Å². The summed E-state index contributed by atoms with van der Waals surface area (Å²) in [5.41, 5.74) is 0. The molecular formula is C11H22N2O. The number of likely N-dealkylation sites (tertiary alicyclic amines) is 1. The van der Waals surface area contributed by atoms with Crippen molar-refractivity contribution < 1.29 is 4.74 Å². The summed E-state index contributed by atoms with van der Waals surface area (Å²) < 4.78 is 5.38. The second kappa shape index (κ2) is 4.60. The van der Waals surface area contributed by atoms with E-state index in [0.717, 1.165) is 32.3 Å². The molecule has 3 heteroatoms. The van der Waals surface area contributed by atoms with E-state index in [1.807, 2.05) is 0 Å². The van der Waals surface area contributed by atoms with E-state index in [1.54, 1.807) is 0 Å². The van der Waals surface area contributed by atoms with E-state index in [0.29, 0.717) is 6.04 Å². The molecule has 0 aliphatic carbocycles. The molecule has 0 aromatic heterocycles. The molecule has 1 atom stereocenters. The fourth-order valence-corrected chi connectivity index (χ4v) is 2.48. The lowest BCUT2D eigenvalue weighted by molar-refractivity contribution is 0.0179. The van der Waals surface area contributed by atoms with Gasteiger partial charge in [0.1, 0.15) is 0 Å². The van der Waals surface area contributed by atoms with Crippen LogP contribution in [0.4, 0.5) is 0 Å². The third kappa shape index (κ3) is 2.27. The van der Waals surface area contributed by atoms with Gasteiger partial charge in [0.05, 0.1) is 13.2 Å². The molecule has 2 aliphatic heterocycles. The monoisotopic (exact) mass is 198 g/mol. The third-order valence-electron chi connectivity index (χ3n) is 3.49. The van der Waals surface area contributed by atoms with Crippen molar-refractivity contribution in [2.24, 2.45) is 0 Å². The molecule has 3 nitrogen and oxygen atoms in total. The molecular weight excluding hydrogens is 176 g/mol. The van der Waals surface area contributed by atoms with Crippen molar-refractivity contribution in [3.05, 3.63) is 0 Å². The van der Waals surface area contributed by atoms with Crippen LogP contribution in [0.3, 0.4) is 0 Å². The minimum absolute atomic E-state index is 0.709. The van der Waals surface area contributed by atoms with Gasteiger partial charge >= 0.3 is 0 Å². The summed E-state index contributed by atoms with van der Waals surface area (Å²) in [7, 11) is 0. The van der Waals surface area contributed by atoms with Gasteiger partial charge in [-0.05, 0) is 20.3 Å². The molecule has 2 rings (SSSR count). The summed E-state index contributed by atoms with van der Waals surface area (Å²) in [6.07, 6.45) is 1.35. The normalized spacial score (nSPS) is 31.5. The Labute approximate surface area is 87.0 Å². The van der Waals surface area contributed by atoms with Gasteiger partial charge < -0.3 is 4.74 Å². The Balaban J connectivity index is 1.82. The molecule has 2 heterocycles. The summed E-state index contributed by atoms with van der Waals surface area (Å²) in [4.78, 5) is 5.19. The molecule has 0 spiro atoms. The second-order valence-electron chi connectivity index (χ2n) is 4.68. The van der Waals surface area contributed by atoms with Crippen LogP contribution in [0.5, 0.6) is 0 Å². The highest BCUT2D eigenvalue weighted by Crippen LogP contribution is 2.18. The summed E-state index contributed by atoms with van der Waals surface area (Å²) >= 11 is 0. The van der Waals surface area contributed by atoms with Gasteiger partial charge in [-0.25, -0.2) is 0 Å². The highest BCUT2D eigenvalue weighted by atomic mass is 16.5. The lowest BCUT2D eigenvalue weighted by Gasteiger charge is -2.32. The molecule has 2 aliphatic rings. The van der Waals surface area contributed by atoms with Crippen LogP contribution in [-0.4, -0.2) is 61.3 Å². The fraction of sp³-hybridized carbons (Fsp3) is 1.00. The molecule has 0 amide bonds. The molecule has 0 aromatic rings. The van der Waals surface area contributed by atoms with Gasteiger partial charge in [-0.3, -0.25) is 9.80 Å². The Hall–Kier alpha value is -0.120. The van der Waals surface area contributed by atoms with E-state index in [9.17, 15) is 0 Å². The number of hydrogen-bond acceptors (Lipinski definition) is 3. The minimum Gasteiger partial charge on any atom is -0.379 e. The molecule has 1 unspecified atom stereocenters. The predicted molar refractivity (Wildman–Crippen MR) is 57.5 cm³/mol. The van der Waals surface area contributed by atoms with Crippen molar-refractivity contribution in [3.8, 4) is 0 Å². The average molecular weight is 198 g/mol. The van der Waals surface area contributed by atoms with Crippen molar-refractivity contribution in [3.63, 3.8) is 0 Å². The largest absolute Gasteiger partial charge is 0.379 e. The topological polar surface area (TPSA) is 15.7 Å². The lowest BCUT2D eigenvalue weighted by Crippen LogP contribution is -2.45. The third-order valence-corrected chi connectivity index (χ3v) is 3.49. The standard InChI is InChI=1S/C11H22N2O/c1-10(2)13-4-3-11(9-13)12-5-7-14-8-6-12/h10-11H,3-9H2,1-2H3. The van der Waals surface area contributed by atoms with E-state index in [4.69, 9.17) is 4.74 Å². The first-order chi connectivity index (χ1) is 6.77. The van der Waals surface area contributed by atoms with Crippen LogP contribution in [0.2, 0.25) is 0 Å².